The molecule has 2 fully saturated rings. The summed E-state index contributed by atoms with van der Waals surface area (Å²) in [5, 5.41) is 0. The van der Waals surface area contributed by atoms with Gasteiger partial charge in [-0.3, -0.25) is 0 Å². The summed E-state index contributed by atoms with van der Waals surface area (Å²) in [6, 6.07) is 0.271. The van der Waals surface area contributed by atoms with Crippen molar-refractivity contribution in [1.82, 2.24) is 4.90 Å². The average Bonchev–Trinajstić information content (AvgIpc) is 2.46. The van der Waals surface area contributed by atoms with Crippen LogP contribution in [0.5, 0.6) is 0 Å². The van der Waals surface area contributed by atoms with E-state index in [9.17, 15) is 0 Å². The third-order valence-corrected chi connectivity index (χ3v) is 3.05. The van der Waals surface area contributed by atoms with Crippen molar-refractivity contribution in [3.8, 4) is 0 Å². The molecule has 2 unspecified atom stereocenters. The number of nitrogens with two attached hydrogens (primary N) is 1. The number of hydrogen-bond donors (Lipinski definition) is 1. The molecule has 2 aliphatic heterocycles. The SMILES string of the molecule is CN1CCC2(COCC2N)C1. The fourth-order valence-electron chi connectivity index (χ4n) is 2.20. The Kier molecular flexibility index (Phi) is 1.67. The number of hydrogen-bond acceptors (Lipinski definition) is 3. The smallest absolute Gasteiger partial charge is 0.0624 e. The van der Waals surface area contributed by atoms with Gasteiger partial charge < -0.3 is 15.4 Å². The molecule has 2 rings (SSSR count). The summed E-state index contributed by atoms with van der Waals surface area (Å²) in [5.41, 5.74) is 6.29. The van der Waals surface area contributed by atoms with Crippen LogP contribution in [0, 0.1) is 5.41 Å². The highest BCUT2D eigenvalue weighted by molar-refractivity contribution is 4.99. The van der Waals surface area contributed by atoms with Gasteiger partial charge in [0, 0.05) is 18.0 Å². The molecule has 0 radical (unpaired) electrons. The highest BCUT2D eigenvalue weighted by atomic mass is 16.5. The topological polar surface area (TPSA) is 38.5 Å². The summed E-state index contributed by atoms with van der Waals surface area (Å²) >= 11 is 0. The lowest BCUT2D eigenvalue weighted by atomic mass is 9.83. The van der Waals surface area contributed by atoms with Gasteiger partial charge in [0.05, 0.1) is 13.2 Å². The maximum Gasteiger partial charge on any atom is 0.0624 e. The van der Waals surface area contributed by atoms with Crippen molar-refractivity contribution in [3.63, 3.8) is 0 Å². The molecule has 1 spiro atoms. The monoisotopic (exact) mass is 156 g/mol. The Labute approximate surface area is 67.5 Å². The summed E-state index contributed by atoms with van der Waals surface area (Å²) < 4.78 is 5.39. The maximum atomic E-state index is 5.99. The van der Waals surface area contributed by atoms with Gasteiger partial charge in [0.2, 0.25) is 0 Å². The van der Waals surface area contributed by atoms with Crippen molar-refractivity contribution in [2.24, 2.45) is 11.1 Å². The van der Waals surface area contributed by atoms with E-state index in [1.165, 1.54) is 13.0 Å². The van der Waals surface area contributed by atoms with E-state index in [-0.39, 0.29) is 6.04 Å². The second-order valence-electron chi connectivity index (χ2n) is 3.97. The first-order chi connectivity index (χ1) is 5.23. The van der Waals surface area contributed by atoms with Gasteiger partial charge in [-0.2, -0.15) is 0 Å². The first-order valence-electron chi connectivity index (χ1n) is 4.25. The number of nitrogens with zero attached hydrogens (tertiary/aromatic N) is 1. The molecule has 0 saturated carbocycles. The Bertz CT molecular complexity index is 162. The summed E-state index contributed by atoms with van der Waals surface area (Å²) in [4.78, 5) is 2.34. The van der Waals surface area contributed by atoms with E-state index in [1.54, 1.807) is 0 Å². The number of likely N-dealkylation sites (tertiary alicyclic amines) is 1. The Morgan fingerprint density at radius 1 is 1.64 bits per heavy atom. The molecule has 3 nitrogen and oxygen atoms in total. The molecule has 64 valence electrons. The standard InChI is InChI=1S/C8H16N2O/c1-10-3-2-8(5-10)6-11-4-7(8)9/h7H,2-6,9H2,1H3. The second-order valence-corrected chi connectivity index (χ2v) is 3.97. The lowest BCUT2D eigenvalue weighted by Crippen LogP contribution is -2.42. The van der Waals surface area contributed by atoms with E-state index < -0.39 is 0 Å². The van der Waals surface area contributed by atoms with E-state index in [0.717, 1.165) is 19.8 Å². The molecule has 2 atom stereocenters. The molecular formula is C8H16N2O. The lowest BCUT2D eigenvalue weighted by molar-refractivity contribution is 0.154. The van der Waals surface area contributed by atoms with E-state index in [1.807, 2.05) is 0 Å². The molecule has 2 aliphatic rings. The highest BCUT2D eigenvalue weighted by Crippen LogP contribution is 2.36. The van der Waals surface area contributed by atoms with E-state index in [0.29, 0.717) is 5.41 Å². The molecule has 0 aromatic heterocycles. The average molecular weight is 156 g/mol. The first kappa shape index (κ1) is 7.53. The summed E-state index contributed by atoms with van der Waals surface area (Å²) in [7, 11) is 2.15. The zero-order valence-corrected chi connectivity index (χ0v) is 7.05. The molecule has 2 heterocycles. The minimum atomic E-state index is 0.271. The molecule has 0 aromatic rings. The van der Waals surface area contributed by atoms with Gasteiger partial charge in [0.1, 0.15) is 0 Å². The quantitative estimate of drug-likeness (QED) is 0.522. The second kappa shape index (κ2) is 2.44. The molecule has 0 amide bonds. The zero-order chi connectivity index (χ0) is 7.90. The molecule has 0 bridgehead atoms. The number of rotatable bonds is 0. The van der Waals surface area contributed by atoms with Crippen LogP contribution in [-0.4, -0.2) is 44.3 Å². The Morgan fingerprint density at radius 2 is 2.45 bits per heavy atom. The van der Waals surface area contributed by atoms with Crippen LogP contribution < -0.4 is 5.73 Å². The predicted octanol–water partition coefficient (Wildman–Crippen LogP) is -0.334. The minimum Gasteiger partial charge on any atom is -0.379 e. The van der Waals surface area contributed by atoms with Crippen LogP contribution in [0.15, 0.2) is 0 Å². The Hall–Kier alpha value is -0.120. The van der Waals surface area contributed by atoms with Gasteiger partial charge in [0.25, 0.3) is 0 Å². The molecule has 3 heteroatoms. The number of ether oxygens (including phenoxy) is 1. The highest BCUT2D eigenvalue weighted by Gasteiger charge is 2.45. The first-order valence-corrected chi connectivity index (χ1v) is 4.25. The van der Waals surface area contributed by atoms with Gasteiger partial charge in [-0.05, 0) is 20.0 Å². The third-order valence-electron chi connectivity index (χ3n) is 3.05. The maximum absolute atomic E-state index is 5.99. The van der Waals surface area contributed by atoms with Crippen molar-refractivity contribution in [3.05, 3.63) is 0 Å². The van der Waals surface area contributed by atoms with Gasteiger partial charge in [-0.1, -0.05) is 0 Å². The molecule has 0 aromatic carbocycles. The predicted molar refractivity (Wildman–Crippen MR) is 43.3 cm³/mol. The van der Waals surface area contributed by atoms with E-state index in [2.05, 4.69) is 11.9 Å². The fraction of sp³-hybridized carbons (Fsp3) is 1.00. The van der Waals surface area contributed by atoms with Crippen LogP contribution in [0.4, 0.5) is 0 Å². The fourth-order valence-corrected chi connectivity index (χ4v) is 2.20. The summed E-state index contributed by atoms with van der Waals surface area (Å²) in [5.74, 6) is 0. The van der Waals surface area contributed by atoms with E-state index in [4.69, 9.17) is 10.5 Å². The van der Waals surface area contributed by atoms with Crippen molar-refractivity contribution in [2.45, 2.75) is 12.5 Å². The molecule has 0 aliphatic carbocycles. The third kappa shape index (κ3) is 1.08. The van der Waals surface area contributed by atoms with Gasteiger partial charge in [-0.15, -0.1) is 0 Å². The lowest BCUT2D eigenvalue weighted by Gasteiger charge is -2.25. The van der Waals surface area contributed by atoms with Gasteiger partial charge >= 0.3 is 0 Å². The molecule has 2 N–H and O–H groups in total. The van der Waals surface area contributed by atoms with Gasteiger partial charge in [0.15, 0.2) is 0 Å². The zero-order valence-electron chi connectivity index (χ0n) is 7.05. The van der Waals surface area contributed by atoms with Gasteiger partial charge in [-0.25, -0.2) is 0 Å². The van der Waals surface area contributed by atoms with Crippen molar-refractivity contribution >= 4 is 0 Å². The normalized spacial score (nSPS) is 45.8. The molecule has 2 saturated heterocycles. The summed E-state index contributed by atoms with van der Waals surface area (Å²) in [6.45, 7) is 3.93. The van der Waals surface area contributed by atoms with Crippen molar-refractivity contribution in [1.29, 1.82) is 0 Å². The van der Waals surface area contributed by atoms with Crippen molar-refractivity contribution < 1.29 is 4.74 Å². The van der Waals surface area contributed by atoms with E-state index >= 15 is 0 Å². The largest absolute Gasteiger partial charge is 0.379 e. The molecular weight excluding hydrogens is 140 g/mol. The minimum absolute atomic E-state index is 0.271. The van der Waals surface area contributed by atoms with Crippen LogP contribution >= 0.6 is 0 Å². The van der Waals surface area contributed by atoms with Crippen LogP contribution in [0.2, 0.25) is 0 Å². The Morgan fingerprint density at radius 3 is 2.91 bits per heavy atom. The Balaban J connectivity index is 2.10. The van der Waals surface area contributed by atoms with Crippen molar-refractivity contribution in [2.75, 3.05) is 33.4 Å². The van der Waals surface area contributed by atoms with Crippen LogP contribution in [-0.2, 0) is 4.74 Å². The van der Waals surface area contributed by atoms with Crippen LogP contribution in [0.25, 0.3) is 0 Å². The van der Waals surface area contributed by atoms with Crippen LogP contribution in [0.1, 0.15) is 6.42 Å². The molecule has 11 heavy (non-hydrogen) atoms. The summed E-state index contributed by atoms with van der Waals surface area (Å²) in [6.07, 6.45) is 1.21. The van der Waals surface area contributed by atoms with Crippen LogP contribution in [0.3, 0.4) is 0 Å².